The van der Waals surface area contributed by atoms with Crippen LogP contribution in [-0.2, 0) is 0 Å². The summed E-state index contributed by atoms with van der Waals surface area (Å²) in [6.45, 7) is 6.88. The quantitative estimate of drug-likeness (QED) is 0.812. The van der Waals surface area contributed by atoms with E-state index in [1.54, 1.807) is 12.0 Å². The first-order chi connectivity index (χ1) is 10.0. The van der Waals surface area contributed by atoms with E-state index in [1.807, 2.05) is 39.0 Å². The van der Waals surface area contributed by atoms with Crippen LogP contribution in [0.5, 0.6) is 5.75 Å². The highest BCUT2D eigenvalue weighted by Gasteiger charge is 2.18. The van der Waals surface area contributed by atoms with Gasteiger partial charge in [0, 0.05) is 18.7 Å². The molecule has 0 fully saturated rings. The fraction of sp³-hybridized carbons (Fsp3) is 0.562. The van der Waals surface area contributed by atoms with Crippen LogP contribution in [0, 0.1) is 6.92 Å². The number of ether oxygens (including phenoxy) is 1. The molecule has 0 bridgehead atoms. The van der Waals surface area contributed by atoms with Crippen LogP contribution in [0.25, 0.3) is 0 Å². The third-order valence-electron chi connectivity index (χ3n) is 3.34. The van der Waals surface area contributed by atoms with E-state index in [1.165, 1.54) is 0 Å². The molecule has 0 aromatic heterocycles. The van der Waals surface area contributed by atoms with Gasteiger partial charge in [-0.05, 0) is 26.3 Å². The highest BCUT2D eigenvalue weighted by atomic mass is 16.5. The van der Waals surface area contributed by atoms with E-state index in [4.69, 9.17) is 9.84 Å². The first-order valence-electron chi connectivity index (χ1n) is 7.34. The number of amides is 2. The Morgan fingerprint density at radius 1 is 1.43 bits per heavy atom. The highest BCUT2D eigenvalue weighted by molar-refractivity contribution is 5.74. The second kappa shape index (κ2) is 8.52. The van der Waals surface area contributed by atoms with Crippen molar-refractivity contribution >= 4 is 6.03 Å². The molecule has 0 radical (unpaired) electrons. The topological polar surface area (TPSA) is 61.8 Å². The number of nitrogens with one attached hydrogen (secondary N) is 1. The van der Waals surface area contributed by atoms with E-state index in [-0.39, 0.29) is 18.7 Å². The number of aliphatic hydroxyl groups excluding tert-OH is 1. The molecule has 1 rings (SSSR count). The first-order valence-corrected chi connectivity index (χ1v) is 7.34. The maximum Gasteiger partial charge on any atom is 0.317 e. The SMILES string of the molecule is CCCN(CCO)C(=O)NC(C)c1cc(C)ccc1OC. The number of benzene rings is 1. The average Bonchev–Trinajstić information content (AvgIpc) is 2.46. The smallest absolute Gasteiger partial charge is 0.317 e. The number of hydrogen-bond donors (Lipinski definition) is 2. The van der Waals surface area contributed by atoms with Gasteiger partial charge < -0.3 is 20.1 Å². The van der Waals surface area contributed by atoms with E-state index in [0.717, 1.165) is 23.3 Å². The molecule has 0 heterocycles. The molecule has 5 heteroatoms. The van der Waals surface area contributed by atoms with Crippen molar-refractivity contribution < 1.29 is 14.6 Å². The molecule has 2 N–H and O–H groups in total. The molecule has 1 aromatic carbocycles. The van der Waals surface area contributed by atoms with Crippen LogP contribution in [0.2, 0.25) is 0 Å². The predicted molar refractivity (Wildman–Crippen MR) is 83.6 cm³/mol. The first kappa shape index (κ1) is 17.3. The molecule has 0 aliphatic heterocycles. The van der Waals surface area contributed by atoms with Gasteiger partial charge in [0.25, 0.3) is 0 Å². The molecule has 0 saturated carbocycles. The summed E-state index contributed by atoms with van der Waals surface area (Å²) in [4.78, 5) is 13.9. The van der Waals surface area contributed by atoms with E-state index >= 15 is 0 Å². The van der Waals surface area contributed by atoms with Gasteiger partial charge in [0.2, 0.25) is 0 Å². The molecule has 0 saturated heterocycles. The van der Waals surface area contributed by atoms with Gasteiger partial charge in [-0.25, -0.2) is 4.79 Å². The third-order valence-corrected chi connectivity index (χ3v) is 3.34. The molecule has 0 aliphatic rings. The normalized spacial score (nSPS) is 11.9. The Labute approximate surface area is 126 Å². The van der Waals surface area contributed by atoms with Gasteiger partial charge in [-0.15, -0.1) is 0 Å². The number of carbonyl (C=O) groups excluding carboxylic acids is 1. The van der Waals surface area contributed by atoms with E-state index in [2.05, 4.69) is 5.32 Å². The Morgan fingerprint density at radius 3 is 2.71 bits per heavy atom. The number of aliphatic hydroxyl groups is 1. The number of rotatable bonds is 7. The van der Waals surface area contributed by atoms with Gasteiger partial charge >= 0.3 is 6.03 Å². The minimum atomic E-state index is -0.165. The zero-order valence-electron chi connectivity index (χ0n) is 13.3. The minimum Gasteiger partial charge on any atom is -0.496 e. The van der Waals surface area contributed by atoms with Crippen molar-refractivity contribution in [2.24, 2.45) is 0 Å². The maximum atomic E-state index is 12.3. The minimum absolute atomic E-state index is 0.0322. The van der Waals surface area contributed by atoms with E-state index < -0.39 is 0 Å². The zero-order valence-corrected chi connectivity index (χ0v) is 13.3. The van der Waals surface area contributed by atoms with Crippen LogP contribution >= 0.6 is 0 Å². The number of hydrogen-bond acceptors (Lipinski definition) is 3. The molecule has 0 aliphatic carbocycles. The Morgan fingerprint density at radius 2 is 2.14 bits per heavy atom. The van der Waals surface area contributed by atoms with Crippen molar-refractivity contribution in [3.8, 4) is 5.75 Å². The molecule has 1 atom stereocenters. The zero-order chi connectivity index (χ0) is 15.8. The van der Waals surface area contributed by atoms with Crippen LogP contribution in [0.1, 0.15) is 37.4 Å². The van der Waals surface area contributed by atoms with Gasteiger partial charge in [0.05, 0.1) is 19.8 Å². The number of urea groups is 1. The number of nitrogens with zero attached hydrogens (tertiary/aromatic N) is 1. The van der Waals surface area contributed by atoms with Crippen molar-refractivity contribution in [3.05, 3.63) is 29.3 Å². The van der Waals surface area contributed by atoms with Crippen molar-refractivity contribution in [2.45, 2.75) is 33.2 Å². The lowest BCUT2D eigenvalue weighted by Crippen LogP contribution is -2.42. The lowest BCUT2D eigenvalue weighted by atomic mass is 10.0. The lowest BCUT2D eigenvalue weighted by molar-refractivity contribution is 0.174. The molecule has 1 aromatic rings. The summed E-state index contributed by atoms with van der Waals surface area (Å²) in [5, 5.41) is 12.0. The van der Waals surface area contributed by atoms with Gasteiger partial charge in [-0.2, -0.15) is 0 Å². The van der Waals surface area contributed by atoms with Crippen LogP contribution < -0.4 is 10.1 Å². The largest absolute Gasteiger partial charge is 0.496 e. The average molecular weight is 294 g/mol. The van der Waals surface area contributed by atoms with Gasteiger partial charge in [-0.3, -0.25) is 0 Å². The molecule has 5 nitrogen and oxygen atoms in total. The van der Waals surface area contributed by atoms with E-state index in [0.29, 0.717) is 13.1 Å². The van der Waals surface area contributed by atoms with Crippen LogP contribution in [0.3, 0.4) is 0 Å². The van der Waals surface area contributed by atoms with Gasteiger partial charge in [0.1, 0.15) is 5.75 Å². The molecular formula is C16H26N2O3. The Hall–Kier alpha value is -1.75. The Kier molecular flexibility index (Phi) is 7.02. The maximum absolute atomic E-state index is 12.3. The summed E-state index contributed by atoms with van der Waals surface area (Å²) in [5.41, 5.74) is 2.07. The second-order valence-electron chi connectivity index (χ2n) is 5.13. The Bertz CT molecular complexity index is 457. The number of methoxy groups -OCH3 is 1. The van der Waals surface area contributed by atoms with Crippen molar-refractivity contribution in [2.75, 3.05) is 26.8 Å². The molecule has 21 heavy (non-hydrogen) atoms. The summed E-state index contributed by atoms with van der Waals surface area (Å²) < 4.78 is 5.35. The summed E-state index contributed by atoms with van der Waals surface area (Å²) in [5.74, 6) is 0.762. The fourth-order valence-corrected chi connectivity index (χ4v) is 2.25. The predicted octanol–water partition coefficient (Wildman–Crippen LogP) is 2.48. The van der Waals surface area contributed by atoms with Crippen molar-refractivity contribution in [1.29, 1.82) is 0 Å². The molecule has 1 unspecified atom stereocenters. The summed E-state index contributed by atoms with van der Waals surface area (Å²) in [7, 11) is 1.62. The van der Waals surface area contributed by atoms with Crippen LogP contribution in [0.4, 0.5) is 4.79 Å². The molecular weight excluding hydrogens is 268 g/mol. The lowest BCUT2D eigenvalue weighted by Gasteiger charge is -2.25. The standard InChI is InChI=1S/C16H26N2O3/c1-5-8-18(9-10-19)16(20)17-13(3)14-11-12(2)6-7-15(14)21-4/h6-7,11,13,19H,5,8-10H2,1-4H3,(H,17,20). The monoisotopic (exact) mass is 294 g/mol. The van der Waals surface area contributed by atoms with Gasteiger partial charge in [-0.1, -0.05) is 24.6 Å². The Balaban J connectivity index is 2.81. The summed E-state index contributed by atoms with van der Waals surface area (Å²) in [6, 6.07) is 5.57. The fourth-order valence-electron chi connectivity index (χ4n) is 2.25. The van der Waals surface area contributed by atoms with E-state index in [9.17, 15) is 4.79 Å². The van der Waals surface area contributed by atoms with Crippen molar-refractivity contribution in [1.82, 2.24) is 10.2 Å². The molecule has 0 spiro atoms. The number of carbonyl (C=O) groups is 1. The van der Waals surface area contributed by atoms with Gasteiger partial charge in [0.15, 0.2) is 0 Å². The molecule has 118 valence electrons. The highest BCUT2D eigenvalue weighted by Crippen LogP contribution is 2.26. The van der Waals surface area contributed by atoms with Crippen LogP contribution in [0.15, 0.2) is 18.2 Å². The third kappa shape index (κ3) is 4.93. The van der Waals surface area contributed by atoms with Crippen molar-refractivity contribution in [3.63, 3.8) is 0 Å². The summed E-state index contributed by atoms with van der Waals surface area (Å²) in [6.07, 6.45) is 0.857. The molecule has 2 amide bonds. The second-order valence-corrected chi connectivity index (χ2v) is 5.13. The van der Waals surface area contributed by atoms with Crippen LogP contribution in [-0.4, -0.2) is 42.8 Å². The summed E-state index contributed by atoms with van der Waals surface area (Å²) >= 11 is 0. The number of aryl methyl sites for hydroxylation is 1.